The molecule has 1 aliphatic carbocycles. The Labute approximate surface area is 102 Å². The molecule has 4 heteroatoms. The topological polar surface area (TPSA) is 54.4 Å². The summed E-state index contributed by atoms with van der Waals surface area (Å²) < 4.78 is 5.08. The highest BCUT2D eigenvalue weighted by Crippen LogP contribution is 2.24. The highest BCUT2D eigenvalue weighted by atomic mass is 16.5. The van der Waals surface area contributed by atoms with Gasteiger partial charge in [-0.25, -0.2) is 4.98 Å². The Morgan fingerprint density at radius 1 is 1.47 bits per heavy atom. The van der Waals surface area contributed by atoms with Gasteiger partial charge < -0.3 is 15.2 Å². The molecule has 1 aromatic heterocycles. The molecule has 0 aromatic carbocycles. The number of hydrogen-bond acceptors (Lipinski definition) is 4. The van der Waals surface area contributed by atoms with Gasteiger partial charge in [-0.3, -0.25) is 0 Å². The van der Waals surface area contributed by atoms with Crippen molar-refractivity contribution in [3.63, 3.8) is 0 Å². The third-order valence-electron chi connectivity index (χ3n) is 3.24. The maximum absolute atomic E-state index is 9.43. The number of aliphatic hydroxyl groups is 1. The second-order valence-electron chi connectivity index (χ2n) is 4.64. The van der Waals surface area contributed by atoms with Crippen LogP contribution in [-0.4, -0.2) is 29.8 Å². The number of hydrogen-bond donors (Lipinski definition) is 2. The normalized spacial score (nSPS) is 23.9. The van der Waals surface area contributed by atoms with Crippen LogP contribution < -0.4 is 10.1 Å². The van der Waals surface area contributed by atoms with Gasteiger partial charge in [0.15, 0.2) is 0 Å². The van der Waals surface area contributed by atoms with E-state index < -0.39 is 0 Å². The Morgan fingerprint density at radius 2 is 2.35 bits per heavy atom. The van der Waals surface area contributed by atoms with E-state index in [4.69, 9.17) is 4.74 Å². The van der Waals surface area contributed by atoms with Crippen molar-refractivity contribution in [2.24, 2.45) is 5.92 Å². The lowest BCUT2D eigenvalue weighted by molar-refractivity contribution is 0.177. The Morgan fingerprint density at radius 3 is 3.06 bits per heavy atom. The quantitative estimate of drug-likeness (QED) is 0.810. The van der Waals surface area contributed by atoms with Gasteiger partial charge in [-0.2, -0.15) is 0 Å². The maximum Gasteiger partial charge on any atom is 0.213 e. The number of rotatable bonds is 5. The summed E-state index contributed by atoms with van der Waals surface area (Å²) in [5.74, 6) is 1.26. The van der Waals surface area contributed by atoms with E-state index >= 15 is 0 Å². The van der Waals surface area contributed by atoms with Crippen LogP contribution in [0.3, 0.4) is 0 Å². The van der Waals surface area contributed by atoms with E-state index in [1.165, 1.54) is 0 Å². The van der Waals surface area contributed by atoms with Crippen molar-refractivity contribution in [1.82, 2.24) is 10.3 Å². The molecule has 0 saturated heterocycles. The van der Waals surface area contributed by atoms with Crippen molar-refractivity contribution >= 4 is 0 Å². The van der Waals surface area contributed by atoms with Crippen molar-refractivity contribution in [3.05, 3.63) is 23.9 Å². The van der Waals surface area contributed by atoms with Gasteiger partial charge in [0.1, 0.15) is 0 Å². The minimum atomic E-state index is -0.0863. The zero-order valence-corrected chi connectivity index (χ0v) is 10.2. The van der Waals surface area contributed by atoms with E-state index in [0.29, 0.717) is 11.8 Å². The number of ether oxygens (including phenoxy) is 1. The van der Waals surface area contributed by atoms with Gasteiger partial charge >= 0.3 is 0 Å². The number of nitrogens with one attached hydrogen (secondary N) is 1. The second-order valence-corrected chi connectivity index (χ2v) is 4.64. The van der Waals surface area contributed by atoms with Gasteiger partial charge in [-0.15, -0.1) is 0 Å². The Balaban J connectivity index is 1.74. The zero-order chi connectivity index (χ0) is 12.1. The van der Waals surface area contributed by atoms with Crippen molar-refractivity contribution in [1.29, 1.82) is 0 Å². The Hall–Kier alpha value is -1.13. The fraction of sp³-hybridized carbons (Fsp3) is 0.615. The number of aromatic nitrogens is 1. The molecule has 0 amide bonds. The average Bonchev–Trinajstić information content (AvgIpc) is 2.75. The molecule has 94 valence electrons. The molecule has 4 nitrogen and oxygen atoms in total. The van der Waals surface area contributed by atoms with Crippen LogP contribution in [0.5, 0.6) is 5.88 Å². The van der Waals surface area contributed by atoms with Crippen LogP contribution in [0.2, 0.25) is 0 Å². The number of aliphatic hydroxyl groups excluding tert-OH is 1. The number of nitrogens with zero attached hydrogens (tertiary/aromatic N) is 1. The standard InChI is InChI=1S/C13H20N2O2/c1-17-13-4-2-3-11(15-13)9-14-8-10-5-6-12(16)7-10/h2-4,10,12,14,16H,5-9H2,1H3. The Kier molecular flexibility index (Phi) is 4.34. The van der Waals surface area contributed by atoms with Crippen LogP contribution in [0.25, 0.3) is 0 Å². The van der Waals surface area contributed by atoms with E-state index in [9.17, 15) is 5.11 Å². The molecular formula is C13H20N2O2. The highest BCUT2D eigenvalue weighted by Gasteiger charge is 2.21. The fourth-order valence-corrected chi connectivity index (χ4v) is 2.31. The molecule has 2 atom stereocenters. The van der Waals surface area contributed by atoms with Crippen molar-refractivity contribution < 1.29 is 9.84 Å². The first-order chi connectivity index (χ1) is 8.28. The second kappa shape index (κ2) is 5.98. The average molecular weight is 236 g/mol. The van der Waals surface area contributed by atoms with Crippen LogP contribution >= 0.6 is 0 Å². The summed E-state index contributed by atoms with van der Waals surface area (Å²) in [6, 6.07) is 5.78. The molecule has 2 N–H and O–H groups in total. The predicted molar refractivity (Wildman–Crippen MR) is 65.8 cm³/mol. The molecular weight excluding hydrogens is 216 g/mol. The first-order valence-corrected chi connectivity index (χ1v) is 6.16. The summed E-state index contributed by atoms with van der Waals surface area (Å²) in [5, 5.41) is 12.8. The van der Waals surface area contributed by atoms with Gasteiger partial charge in [-0.05, 0) is 37.8 Å². The molecule has 0 radical (unpaired) electrons. The van der Waals surface area contributed by atoms with E-state index in [0.717, 1.165) is 38.0 Å². The van der Waals surface area contributed by atoms with E-state index in [2.05, 4.69) is 10.3 Å². The van der Waals surface area contributed by atoms with Gasteiger partial charge in [0.05, 0.1) is 18.9 Å². The zero-order valence-electron chi connectivity index (χ0n) is 10.2. The first-order valence-electron chi connectivity index (χ1n) is 6.16. The van der Waals surface area contributed by atoms with Crippen LogP contribution in [0.15, 0.2) is 18.2 Å². The molecule has 0 bridgehead atoms. The summed E-state index contributed by atoms with van der Waals surface area (Å²) in [6.07, 6.45) is 2.92. The summed E-state index contributed by atoms with van der Waals surface area (Å²) in [6.45, 7) is 1.71. The minimum absolute atomic E-state index is 0.0863. The van der Waals surface area contributed by atoms with E-state index in [1.807, 2.05) is 18.2 Å². The highest BCUT2D eigenvalue weighted by molar-refractivity contribution is 5.15. The summed E-state index contributed by atoms with van der Waals surface area (Å²) in [7, 11) is 1.62. The lowest BCUT2D eigenvalue weighted by Gasteiger charge is -2.10. The predicted octanol–water partition coefficient (Wildman–Crippen LogP) is 1.34. The van der Waals surface area contributed by atoms with Crippen molar-refractivity contribution in [2.45, 2.75) is 31.9 Å². The molecule has 17 heavy (non-hydrogen) atoms. The molecule has 1 aromatic rings. The summed E-state index contributed by atoms with van der Waals surface area (Å²) >= 11 is 0. The largest absolute Gasteiger partial charge is 0.481 e. The van der Waals surface area contributed by atoms with Gasteiger partial charge in [-0.1, -0.05) is 6.07 Å². The lowest BCUT2D eigenvalue weighted by atomic mass is 10.1. The lowest BCUT2D eigenvalue weighted by Crippen LogP contribution is -2.21. The van der Waals surface area contributed by atoms with Crippen LogP contribution in [-0.2, 0) is 6.54 Å². The molecule has 1 aliphatic rings. The molecule has 1 heterocycles. The van der Waals surface area contributed by atoms with Crippen LogP contribution in [0.1, 0.15) is 25.0 Å². The molecule has 1 saturated carbocycles. The van der Waals surface area contributed by atoms with Gasteiger partial charge in [0, 0.05) is 12.6 Å². The van der Waals surface area contributed by atoms with Crippen molar-refractivity contribution in [3.8, 4) is 5.88 Å². The smallest absolute Gasteiger partial charge is 0.213 e. The van der Waals surface area contributed by atoms with E-state index in [-0.39, 0.29) is 6.10 Å². The fourth-order valence-electron chi connectivity index (χ4n) is 2.31. The third kappa shape index (κ3) is 3.68. The van der Waals surface area contributed by atoms with Crippen LogP contribution in [0.4, 0.5) is 0 Å². The van der Waals surface area contributed by atoms with E-state index in [1.54, 1.807) is 7.11 Å². The summed E-state index contributed by atoms with van der Waals surface area (Å²) in [5.41, 5.74) is 0.989. The minimum Gasteiger partial charge on any atom is -0.481 e. The first kappa shape index (κ1) is 12.3. The monoisotopic (exact) mass is 236 g/mol. The molecule has 0 spiro atoms. The van der Waals surface area contributed by atoms with Gasteiger partial charge in [0.2, 0.25) is 5.88 Å². The maximum atomic E-state index is 9.43. The molecule has 0 aliphatic heterocycles. The summed E-state index contributed by atoms with van der Waals surface area (Å²) in [4.78, 5) is 4.34. The van der Waals surface area contributed by atoms with Gasteiger partial charge in [0.25, 0.3) is 0 Å². The Bertz CT molecular complexity index is 357. The molecule has 1 fully saturated rings. The van der Waals surface area contributed by atoms with Crippen molar-refractivity contribution in [2.75, 3.05) is 13.7 Å². The molecule has 2 unspecified atom stereocenters. The molecule has 2 rings (SSSR count). The third-order valence-corrected chi connectivity index (χ3v) is 3.24. The number of pyridine rings is 1. The SMILES string of the molecule is COc1cccc(CNCC2CCC(O)C2)n1. The number of methoxy groups -OCH3 is 1. The van der Waals surface area contributed by atoms with Crippen LogP contribution in [0, 0.1) is 5.92 Å².